The number of nitriles is 1. The Morgan fingerprint density at radius 3 is 2.77 bits per heavy atom. The molecule has 6 heteroatoms. The smallest absolute Gasteiger partial charge is 0.127 e. The highest BCUT2D eigenvalue weighted by molar-refractivity contribution is 6.30. The van der Waals surface area contributed by atoms with Crippen LogP contribution in [0.25, 0.3) is 0 Å². The van der Waals surface area contributed by atoms with Gasteiger partial charge in [-0.25, -0.2) is 0 Å². The predicted molar refractivity (Wildman–Crippen MR) is 104 cm³/mol. The predicted octanol–water partition coefficient (Wildman–Crippen LogP) is 4.20. The molecule has 0 radical (unpaired) electrons. The number of anilines is 2. The van der Waals surface area contributed by atoms with Gasteiger partial charge in [0.25, 0.3) is 0 Å². The summed E-state index contributed by atoms with van der Waals surface area (Å²) in [6.07, 6.45) is 1.65. The zero-order chi connectivity index (χ0) is 18.0. The number of halogens is 1. The highest BCUT2D eigenvalue weighted by Gasteiger charge is 2.41. The van der Waals surface area contributed by atoms with E-state index in [0.29, 0.717) is 30.3 Å². The lowest BCUT2D eigenvalue weighted by atomic mass is 9.85. The van der Waals surface area contributed by atoms with Gasteiger partial charge < -0.3 is 15.4 Å². The van der Waals surface area contributed by atoms with Gasteiger partial charge >= 0.3 is 0 Å². The van der Waals surface area contributed by atoms with Crippen molar-refractivity contribution in [2.75, 3.05) is 23.8 Å². The zero-order valence-corrected chi connectivity index (χ0v) is 15.0. The molecule has 5 nitrogen and oxygen atoms in total. The topological polar surface area (TPSA) is 69.4 Å². The van der Waals surface area contributed by atoms with Crippen molar-refractivity contribution < 1.29 is 4.74 Å². The standard InChI is InChI=1S/C20H19ClN4O/c21-16-3-1-2-15(10-16)13-23-19-20(6-8-26-9-7-20)25-18-11-14(12-22)4-5-17(18)24-19/h1-5,10-11,25H,6-9,13H2,(H,23,24). The van der Waals surface area contributed by atoms with E-state index in [1.54, 1.807) is 0 Å². The van der Waals surface area contributed by atoms with Gasteiger partial charge in [-0.15, -0.1) is 0 Å². The number of nitrogens with zero attached hydrogens (tertiary/aromatic N) is 2. The van der Waals surface area contributed by atoms with Gasteiger partial charge in [-0.1, -0.05) is 23.7 Å². The molecule has 2 aromatic carbocycles. The number of aliphatic imine (C=N–C) groups is 1. The van der Waals surface area contributed by atoms with Crippen LogP contribution in [0.1, 0.15) is 24.0 Å². The van der Waals surface area contributed by atoms with Crippen LogP contribution in [0, 0.1) is 11.3 Å². The van der Waals surface area contributed by atoms with E-state index in [1.807, 2.05) is 42.5 Å². The third kappa shape index (κ3) is 3.26. The number of amidine groups is 1. The van der Waals surface area contributed by atoms with Crippen LogP contribution in [-0.2, 0) is 11.3 Å². The minimum atomic E-state index is -0.294. The number of nitrogens with one attached hydrogen (secondary N) is 2. The van der Waals surface area contributed by atoms with Crippen molar-refractivity contribution in [1.82, 2.24) is 0 Å². The SMILES string of the molecule is N#Cc1ccc2c(c1)NC1(CCOCC1)C(=NCc1cccc(Cl)c1)N2. The van der Waals surface area contributed by atoms with Crippen LogP contribution in [0.4, 0.5) is 11.4 Å². The van der Waals surface area contributed by atoms with Crippen molar-refractivity contribution in [2.24, 2.45) is 4.99 Å². The van der Waals surface area contributed by atoms with Gasteiger partial charge in [-0.05, 0) is 35.9 Å². The summed E-state index contributed by atoms with van der Waals surface area (Å²) in [5.74, 6) is 0.915. The number of rotatable bonds is 2. The molecule has 26 heavy (non-hydrogen) atoms. The van der Waals surface area contributed by atoms with Crippen molar-refractivity contribution in [3.05, 3.63) is 58.6 Å². The molecule has 1 spiro atoms. The van der Waals surface area contributed by atoms with Crippen LogP contribution in [0.2, 0.25) is 5.02 Å². The average Bonchev–Trinajstić information content (AvgIpc) is 2.66. The Balaban J connectivity index is 1.68. The van der Waals surface area contributed by atoms with E-state index in [4.69, 9.17) is 21.3 Å². The van der Waals surface area contributed by atoms with Crippen molar-refractivity contribution in [1.29, 1.82) is 5.26 Å². The Bertz CT molecular complexity index is 897. The molecule has 0 saturated carbocycles. The van der Waals surface area contributed by atoms with E-state index in [2.05, 4.69) is 16.7 Å². The Kier molecular flexibility index (Phi) is 4.54. The fourth-order valence-electron chi connectivity index (χ4n) is 3.47. The van der Waals surface area contributed by atoms with Gasteiger partial charge in [0, 0.05) is 31.1 Å². The van der Waals surface area contributed by atoms with Crippen molar-refractivity contribution in [2.45, 2.75) is 24.9 Å². The molecular formula is C20H19ClN4O. The number of hydrogen-bond acceptors (Lipinski definition) is 4. The molecule has 0 aromatic heterocycles. The minimum absolute atomic E-state index is 0.294. The molecule has 2 N–H and O–H groups in total. The summed E-state index contributed by atoms with van der Waals surface area (Å²) < 4.78 is 5.56. The van der Waals surface area contributed by atoms with E-state index < -0.39 is 0 Å². The van der Waals surface area contributed by atoms with Crippen LogP contribution < -0.4 is 10.6 Å². The molecule has 2 heterocycles. The fraction of sp³-hybridized carbons (Fsp3) is 0.300. The molecule has 0 atom stereocenters. The minimum Gasteiger partial charge on any atom is -0.381 e. The molecular weight excluding hydrogens is 348 g/mol. The van der Waals surface area contributed by atoms with Gasteiger partial charge in [0.1, 0.15) is 5.84 Å². The molecule has 0 bridgehead atoms. The molecule has 0 unspecified atom stereocenters. The van der Waals surface area contributed by atoms with Crippen LogP contribution in [-0.4, -0.2) is 24.6 Å². The first-order valence-corrected chi connectivity index (χ1v) is 9.03. The summed E-state index contributed by atoms with van der Waals surface area (Å²) in [4.78, 5) is 4.88. The first-order chi connectivity index (χ1) is 12.7. The van der Waals surface area contributed by atoms with E-state index in [-0.39, 0.29) is 5.54 Å². The highest BCUT2D eigenvalue weighted by atomic mass is 35.5. The number of fused-ring (bicyclic) bond motifs is 1. The molecule has 0 aliphatic carbocycles. The Morgan fingerprint density at radius 1 is 1.15 bits per heavy atom. The van der Waals surface area contributed by atoms with E-state index in [0.717, 1.165) is 35.6 Å². The summed E-state index contributed by atoms with van der Waals surface area (Å²) in [5, 5.41) is 17.0. The third-order valence-corrected chi connectivity index (χ3v) is 5.12. The molecule has 2 aromatic rings. The average molecular weight is 367 g/mol. The Morgan fingerprint density at radius 2 is 2.00 bits per heavy atom. The van der Waals surface area contributed by atoms with E-state index >= 15 is 0 Å². The zero-order valence-electron chi connectivity index (χ0n) is 14.3. The number of ether oxygens (including phenoxy) is 1. The van der Waals surface area contributed by atoms with Gasteiger partial charge in [0.05, 0.1) is 35.1 Å². The van der Waals surface area contributed by atoms with Gasteiger partial charge in [-0.3, -0.25) is 4.99 Å². The molecule has 0 amide bonds. The highest BCUT2D eigenvalue weighted by Crippen LogP contribution is 2.37. The maximum absolute atomic E-state index is 9.17. The molecule has 132 valence electrons. The second-order valence-electron chi connectivity index (χ2n) is 6.61. The van der Waals surface area contributed by atoms with Gasteiger partial charge in [-0.2, -0.15) is 5.26 Å². The molecule has 1 saturated heterocycles. The molecule has 1 fully saturated rings. The van der Waals surface area contributed by atoms with Crippen LogP contribution in [0.3, 0.4) is 0 Å². The lowest BCUT2D eigenvalue weighted by Crippen LogP contribution is -2.55. The van der Waals surface area contributed by atoms with Crippen LogP contribution >= 0.6 is 11.6 Å². The molecule has 2 aliphatic rings. The Labute approximate surface area is 157 Å². The fourth-order valence-corrected chi connectivity index (χ4v) is 3.68. The maximum Gasteiger partial charge on any atom is 0.127 e. The lowest BCUT2D eigenvalue weighted by molar-refractivity contribution is 0.0778. The maximum atomic E-state index is 9.17. The van der Waals surface area contributed by atoms with Crippen LogP contribution in [0.15, 0.2) is 47.5 Å². The van der Waals surface area contributed by atoms with Crippen molar-refractivity contribution in [3.8, 4) is 6.07 Å². The summed E-state index contributed by atoms with van der Waals surface area (Å²) in [6.45, 7) is 1.91. The van der Waals surface area contributed by atoms with E-state index in [1.165, 1.54) is 0 Å². The second kappa shape index (κ2) is 6.99. The first-order valence-electron chi connectivity index (χ1n) is 8.65. The number of benzene rings is 2. The Hall–Kier alpha value is -2.55. The monoisotopic (exact) mass is 366 g/mol. The van der Waals surface area contributed by atoms with Gasteiger partial charge in [0.15, 0.2) is 0 Å². The first kappa shape index (κ1) is 16.9. The normalized spacial score (nSPS) is 19.3. The second-order valence-corrected chi connectivity index (χ2v) is 7.05. The number of hydrogen-bond donors (Lipinski definition) is 2. The summed E-state index contributed by atoms with van der Waals surface area (Å²) in [7, 11) is 0. The quantitative estimate of drug-likeness (QED) is 0.835. The van der Waals surface area contributed by atoms with Gasteiger partial charge in [0.2, 0.25) is 0 Å². The molecule has 4 rings (SSSR count). The van der Waals surface area contributed by atoms with E-state index in [9.17, 15) is 5.26 Å². The summed E-state index contributed by atoms with van der Waals surface area (Å²) in [5.41, 5.74) is 3.29. The lowest BCUT2D eigenvalue weighted by Gasteiger charge is -2.43. The third-order valence-electron chi connectivity index (χ3n) is 4.88. The summed E-state index contributed by atoms with van der Waals surface area (Å²) >= 11 is 6.08. The van der Waals surface area contributed by atoms with Crippen LogP contribution in [0.5, 0.6) is 0 Å². The largest absolute Gasteiger partial charge is 0.381 e. The molecule has 2 aliphatic heterocycles. The summed E-state index contributed by atoms with van der Waals surface area (Å²) in [6, 6.07) is 15.6. The van der Waals surface area contributed by atoms with Crippen molar-refractivity contribution in [3.63, 3.8) is 0 Å². The van der Waals surface area contributed by atoms with Crippen molar-refractivity contribution >= 4 is 28.8 Å².